The fourth-order valence-electron chi connectivity index (χ4n) is 6.47. The van der Waals surface area contributed by atoms with E-state index in [2.05, 4.69) is 10.3 Å². The zero-order valence-electron chi connectivity index (χ0n) is 21.8. The molecule has 3 aliphatic carbocycles. The number of nitrogens with two attached hydrogens (primary N) is 1. The molecule has 0 bridgehead atoms. The Labute approximate surface area is 225 Å². The average Bonchev–Trinajstić information content (AvgIpc) is 2.87. The molecule has 1 heterocycles. The Balaban J connectivity index is 1.62. The number of phenols is 1. The van der Waals surface area contributed by atoms with Gasteiger partial charge in [0.1, 0.15) is 5.75 Å². The van der Waals surface area contributed by atoms with Gasteiger partial charge in [-0.05, 0) is 55.0 Å². The molecule has 2 unspecified atom stereocenters. The fraction of sp³-hybridized carbons (Fsp3) is 0.448. The van der Waals surface area contributed by atoms with Crippen LogP contribution in [-0.4, -0.2) is 56.4 Å². The number of nitrogens with zero attached hydrogens (tertiary/aromatic N) is 1. The molecule has 0 radical (unpaired) electrons. The molecule has 10 nitrogen and oxygen atoms in total. The second-order valence-corrected chi connectivity index (χ2v) is 11.3. The highest BCUT2D eigenvalue weighted by molar-refractivity contribution is 6.31. The SMILES string of the molecule is CC(C)CNCc1cc(-c2ccccn2)c2c(c1O)C(=O)C1C(=O)[C@]3(O)C(=O)C(C(N)=O)C(=O)C[C@@H]3C[C@@H]1C2. The summed E-state index contributed by atoms with van der Waals surface area (Å²) in [6, 6.07) is 7.16. The second-order valence-electron chi connectivity index (χ2n) is 11.3. The Kier molecular flexibility index (Phi) is 6.72. The summed E-state index contributed by atoms with van der Waals surface area (Å²) in [7, 11) is 0. The molecule has 1 amide bonds. The second kappa shape index (κ2) is 9.77. The Morgan fingerprint density at radius 2 is 1.92 bits per heavy atom. The van der Waals surface area contributed by atoms with Gasteiger partial charge in [0.15, 0.2) is 34.7 Å². The van der Waals surface area contributed by atoms with E-state index in [0.717, 1.165) is 0 Å². The first-order valence-corrected chi connectivity index (χ1v) is 13.1. The minimum atomic E-state index is -2.67. The number of hydrogen-bond donors (Lipinski definition) is 4. The van der Waals surface area contributed by atoms with Crippen LogP contribution in [0, 0.1) is 29.6 Å². The summed E-state index contributed by atoms with van der Waals surface area (Å²) in [4.78, 5) is 69.7. The largest absolute Gasteiger partial charge is 0.507 e. The zero-order valence-corrected chi connectivity index (χ0v) is 21.8. The van der Waals surface area contributed by atoms with E-state index in [1.807, 2.05) is 19.9 Å². The first kappa shape index (κ1) is 26.8. The van der Waals surface area contributed by atoms with Crippen LogP contribution in [0.4, 0.5) is 0 Å². The first-order chi connectivity index (χ1) is 18.5. The van der Waals surface area contributed by atoms with Gasteiger partial charge in [0.05, 0.1) is 17.2 Å². The molecular formula is C29H31N3O7. The lowest BCUT2D eigenvalue weighted by Crippen LogP contribution is -2.68. The van der Waals surface area contributed by atoms with Crippen LogP contribution in [0.5, 0.6) is 5.75 Å². The van der Waals surface area contributed by atoms with Crippen molar-refractivity contribution in [1.82, 2.24) is 10.3 Å². The van der Waals surface area contributed by atoms with Gasteiger partial charge in [0, 0.05) is 36.2 Å². The lowest BCUT2D eigenvalue weighted by molar-refractivity contribution is -0.175. The van der Waals surface area contributed by atoms with E-state index in [1.54, 1.807) is 24.4 Å². The predicted molar refractivity (Wildman–Crippen MR) is 138 cm³/mol. The normalized spacial score (nSPS) is 28.2. The topological polar surface area (TPSA) is 177 Å². The molecule has 2 fully saturated rings. The number of fused-ring (bicyclic) bond motifs is 3. The van der Waals surface area contributed by atoms with Crippen molar-refractivity contribution in [2.24, 2.45) is 35.3 Å². The molecule has 2 saturated carbocycles. The highest BCUT2D eigenvalue weighted by atomic mass is 16.3. The van der Waals surface area contributed by atoms with Gasteiger partial charge in [0.2, 0.25) is 5.91 Å². The first-order valence-electron chi connectivity index (χ1n) is 13.1. The molecule has 3 aliphatic rings. The number of pyridine rings is 1. The molecule has 0 aliphatic heterocycles. The van der Waals surface area contributed by atoms with Crippen LogP contribution in [0.25, 0.3) is 11.3 Å². The third-order valence-electron chi connectivity index (χ3n) is 8.29. The lowest BCUT2D eigenvalue weighted by Gasteiger charge is -2.48. The van der Waals surface area contributed by atoms with Crippen molar-refractivity contribution in [2.75, 3.05) is 6.54 Å². The van der Waals surface area contributed by atoms with E-state index in [0.29, 0.717) is 34.8 Å². The number of carbonyl (C=O) groups is 5. The van der Waals surface area contributed by atoms with Crippen molar-refractivity contribution in [3.63, 3.8) is 0 Å². The van der Waals surface area contributed by atoms with Crippen LogP contribution in [0.2, 0.25) is 0 Å². The summed E-state index contributed by atoms with van der Waals surface area (Å²) >= 11 is 0. The van der Waals surface area contributed by atoms with Crippen molar-refractivity contribution >= 4 is 29.0 Å². The van der Waals surface area contributed by atoms with Crippen molar-refractivity contribution < 1.29 is 34.2 Å². The minimum absolute atomic E-state index is 0.0260. The number of benzene rings is 1. The van der Waals surface area contributed by atoms with E-state index in [-0.39, 0.29) is 37.1 Å². The van der Waals surface area contributed by atoms with Crippen LogP contribution in [0.15, 0.2) is 30.5 Å². The number of hydrogen-bond acceptors (Lipinski definition) is 9. The van der Waals surface area contributed by atoms with Gasteiger partial charge in [-0.2, -0.15) is 0 Å². The molecule has 0 spiro atoms. The summed E-state index contributed by atoms with van der Waals surface area (Å²) in [6.07, 6.45) is 1.49. The summed E-state index contributed by atoms with van der Waals surface area (Å²) in [5.41, 5.74) is 4.78. The summed E-state index contributed by atoms with van der Waals surface area (Å²) < 4.78 is 0. The summed E-state index contributed by atoms with van der Waals surface area (Å²) in [5, 5.41) is 25.9. The van der Waals surface area contributed by atoms with Crippen molar-refractivity contribution in [3.05, 3.63) is 47.2 Å². The number of Topliss-reactive ketones (excluding diaryl/α,β-unsaturated/α-hetero) is 4. The number of aromatic nitrogens is 1. The summed E-state index contributed by atoms with van der Waals surface area (Å²) in [6.45, 7) is 5.01. The molecular weight excluding hydrogens is 502 g/mol. The molecule has 39 heavy (non-hydrogen) atoms. The molecule has 5 N–H and O–H groups in total. The van der Waals surface area contributed by atoms with Crippen molar-refractivity contribution in [2.45, 2.75) is 45.3 Å². The molecule has 1 aromatic heterocycles. The number of nitrogens with one attached hydrogen (secondary N) is 1. The van der Waals surface area contributed by atoms with Crippen molar-refractivity contribution in [3.8, 4) is 17.0 Å². The van der Waals surface area contributed by atoms with E-state index >= 15 is 0 Å². The highest BCUT2D eigenvalue weighted by Crippen LogP contribution is 2.51. The van der Waals surface area contributed by atoms with Gasteiger partial charge in [-0.25, -0.2) is 0 Å². The quantitative estimate of drug-likeness (QED) is 0.396. The van der Waals surface area contributed by atoms with E-state index in [4.69, 9.17) is 5.73 Å². The van der Waals surface area contributed by atoms with Crippen LogP contribution < -0.4 is 11.1 Å². The minimum Gasteiger partial charge on any atom is -0.507 e. The molecule has 5 rings (SSSR count). The Morgan fingerprint density at radius 3 is 2.56 bits per heavy atom. The van der Waals surface area contributed by atoms with Crippen LogP contribution in [0.1, 0.15) is 48.2 Å². The number of aromatic hydroxyl groups is 1. The Hall–Kier alpha value is -3.76. The molecule has 0 saturated heterocycles. The standard InChI is InChI=1S/C29H31N3O7/c1-13(2)11-31-12-15-9-17(19-5-3-4-6-32-19)18-8-14-7-16-10-20(33)23(28(30)38)27(37)29(16,39)26(36)21(14)25(35)22(18)24(15)34/h3-6,9,13-14,16,21,23,31,34,39H,7-8,10-12H2,1-2H3,(H2,30,38)/t14-,16+,21?,23?,29+/m1/s1. The number of ketones is 4. The molecule has 204 valence electrons. The molecule has 5 atom stereocenters. The van der Waals surface area contributed by atoms with Crippen molar-refractivity contribution in [1.29, 1.82) is 0 Å². The average molecular weight is 534 g/mol. The monoisotopic (exact) mass is 533 g/mol. The smallest absolute Gasteiger partial charge is 0.235 e. The maximum absolute atomic E-state index is 14.0. The van der Waals surface area contributed by atoms with Gasteiger partial charge in [0.25, 0.3) is 0 Å². The predicted octanol–water partition coefficient (Wildman–Crippen LogP) is 1.13. The third-order valence-corrected chi connectivity index (χ3v) is 8.29. The number of phenolic OH excluding ortho intramolecular Hbond substituents is 1. The molecule has 2 aromatic rings. The molecule has 10 heteroatoms. The van der Waals surface area contributed by atoms with Crippen LogP contribution in [-0.2, 0) is 32.1 Å². The van der Waals surface area contributed by atoms with E-state index in [1.165, 1.54) is 0 Å². The summed E-state index contributed by atoms with van der Waals surface area (Å²) in [5.74, 6) is -9.89. The van der Waals surface area contributed by atoms with Gasteiger partial charge < -0.3 is 21.3 Å². The molecule has 1 aromatic carbocycles. The van der Waals surface area contributed by atoms with Crippen LogP contribution in [0.3, 0.4) is 0 Å². The zero-order chi connectivity index (χ0) is 28.2. The number of carbonyl (C=O) groups excluding carboxylic acids is 5. The lowest BCUT2D eigenvalue weighted by atomic mass is 9.53. The maximum atomic E-state index is 14.0. The Bertz CT molecular complexity index is 1400. The number of primary amides is 1. The highest BCUT2D eigenvalue weighted by Gasteiger charge is 2.66. The van der Waals surface area contributed by atoms with Gasteiger partial charge >= 0.3 is 0 Å². The fourth-order valence-corrected chi connectivity index (χ4v) is 6.47. The van der Waals surface area contributed by atoms with Gasteiger partial charge in [-0.1, -0.05) is 19.9 Å². The van der Waals surface area contributed by atoms with Gasteiger partial charge in [-0.15, -0.1) is 0 Å². The number of amides is 1. The van der Waals surface area contributed by atoms with Crippen LogP contribution >= 0.6 is 0 Å². The van der Waals surface area contributed by atoms with Gasteiger partial charge in [-0.3, -0.25) is 29.0 Å². The number of rotatable bonds is 6. The number of aliphatic hydroxyl groups is 1. The van der Waals surface area contributed by atoms with E-state index < -0.39 is 58.3 Å². The third kappa shape index (κ3) is 4.18. The van der Waals surface area contributed by atoms with E-state index in [9.17, 15) is 34.2 Å². The Morgan fingerprint density at radius 1 is 1.18 bits per heavy atom. The maximum Gasteiger partial charge on any atom is 0.235 e.